The van der Waals surface area contributed by atoms with Gasteiger partial charge in [-0.2, -0.15) is 0 Å². The number of nitrogens with zero attached hydrogens (tertiary/aromatic N) is 1. The first-order valence-corrected chi connectivity index (χ1v) is 21.3. The van der Waals surface area contributed by atoms with Gasteiger partial charge in [0.25, 0.3) is 0 Å². The highest BCUT2D eigenvalue weighted by Gasteiger charge is 2.67. The number of nitrogens with one attached hydrogen (secondary N) is 4. The summed E-state index contributed by atoms with van der Waals surface area (Å²) in [5.41, 5.74) is 7.23. The second-order valence-corrected chi connectivity index (χ2v) is 18.2. The van der Waals surface area contributed by atoms with Crippen LogP contribution in [0.15, 0.2) is 98.3 Å². The van der Waals surface area contributed by atoms with Gasteiger partial charge >= 0.3 is 0 Å². The molecule has 1 aromatic carbocycles. The number of hydrogen-bond acceptors (Lipinski definition) is 6. The van der Waals surface area contributed by atoms with Gasteiger partial charge in [0.1, 0.15) is 0 Å². The average molecular weight is 792 g/mol. The van der Waals surface area contributed by atoms with Crippen molar-refractivity contribution in [3.05, 3.63) is 109 Å². The number of ketones is 1. The number of carbonyl (C=O) groups is 1. The third kappa shape index (κ3) is 13.9. The van der Waals surface area contributed by atoms with Crippen LogP contribution < -0.4 is 21.3 Å². The fourth-order valence-electron chi connectivity index (χ4n) is 8.63. The normalized spacial score (nSPS) is 20.7. The number of benzene rings is 1. The van der Waals surface area contributed by atoms with E-state index in [1.165, 1.54) is 22.4 Å². The van der Waals surface area contributed by atoms with Gasteiger partial charge in [-0.1, -0.05) is 124 Å². The summed E-state index contributed by atoms with van der Waals surface area (Å²) in [5, 5.41) is 13.8. The number of Topliss-reactive ketones (excluding diaryl/α,β-unsaturated/α-hetero) is 1. The van der Waals surface area contributed by atoms with Crippen LogP contribution in [0.4, 0.5) is 8.78 Å². The van der Waals surface area contributed by atoms with E-state index in [0.29, 0.717) is 35.8 Å². The van der Waals surface area contributed by atoms with Gasteiger partial charge < -0.3 is 26.2 Å². The highest BCUT2D eigenvalue weighted by Crippen LogP contribution is 2.66. The third-order valence-electron chi connectivity index (χ3n) is 12.1. The van der Waals surface area contributed by atoms with Crippen molar-refractivity contribution in [3.8, 4) is 0 Å². The van der Waals surface area contributed by atoms with E-state index >= 15 is 0 Å². The predicted molar refractivity (Wildman–Crippen MR) is 240 cm³/mol. The van der Waals surface area contributed by atoms with Gasteiger partial charge in [-0.3, -0.25) is 4.79 Å². The summed E-state index contributed by atoms with van der Waals surface area (Å²) in [6.07, 6.45) is 5.55. The van der Waals surface area contributed by atoms with Crippen LogP contribution in [0.5, 0.6) is 0 Å². The molecule has 57 heavy (non-hydrogen) atoms. The third-order valence-corrected chi connectivity index (χ3v) is 12.1. The number of alkyl halides is 2. The summed E-state index contributed by atoms with van der Waals surface area (Å²) in [5.74, 6) is -0.654. The number of allylic oxidation sites excluding steroid dienone is 2. The van der Waals surface area contributed by atoms with Crippen LogP contribution in [-0.4, -0.2) is 54.4 Å². The first-order chi connectivity index (χ1) is 26.5. The van der Waals surface area contributed by atoms with Crippen molar-refractivity contribution in [2.75, 3.05) is 19.6 Å². The minimum Gasteiger partial charge on any atom is -0.389 e. The summed E-state index contributed by atoms with van der Waals surface area (Å²) >= 11 is 0. The number of fused-ring (bicyclic) bond motifs is 2. The number of likely N-dealkylation sites (tertiary alicyclic amines) is 1. The first kappa shape index (κ1) is 49.3. The highest BCUT2D eigenvalue weighted by molar-refractivity contribution is 5.95. The molecule has 0 aromatic heterocycles. The summed E-state index contributed by atoms with van der Waals surface area (Å²) in [6, 6.07) is 9.66. The predicted octanol–water partition coefficient (Wildman–Crippen LogP) is 10.7. The number of halogens is 2. The van der Waals surface area contributed by atoms with E-state index in [2.05, 4.69) is 132 Å². The van der Waals surface area contributed by atoms with Gasteiger partial charge in [0, 0.05) is 49.4 Å². The van der Waals surface area contributed by atoms with Crippen LogP contribution in [0.3, 0.4) is 0 Å². The van der Waals surface area contributed by atoms with E-state index < -0.39 is 11.8 Å². The Bertz CT molecular complexity index is 1540. The molecule has 0 spiro atoms. The Balaban J connectivity index is 0.000000525. The molecule has 1 heterocycles. The Morgan fingerprint density at radius 3 is 2.05 bits per heavy atom. The average Bonchev–Trinajstić information content (AvgIpc) is 3.50. The molecule has 1 aliphatic heterocycles. The maximum atomic E-state index is 12.6. The zero-order chi connectivity index (χ0) is 43.5. The first-order valence-electron chi connectivity index (χ1n) is 21.3. The molecule has 4 rings (SSSR count). The minimum atomic E-state index is -2.72. The molecular weight excluding hydrogens is 713 g/mol. The van der Waals surface area contributed by atoms with Crippen LogP contribution in [0.2, 0.25) is 0 Å². The molecule has 4 unspecified atom stereocenters. The van der Waals surface area contributed by atoms with Gasteiger partial charge in [-0.15, -0.1) is 6.58 Å². The Hall–Kier alpha value is -3.81. The van der Waals surface area contributed by atoms with Gasteiger partial charge in [0.15, 0.2) is 5.78 Å². The molecule has 6 nitrogen and oxygen atoms in total. The summed E-state index contributed by atoms with van der Waals surface area (Å²) < 4.78 is 25.2. The lowest BCUT2D eigenvalue weighted by atomic mass is 9.83. The van der Waals surface area contributed by atoms with E-state index in [1.807, 2.05) is 13.8 Å². The van der Waals surface area contributed by atoms with Crippen molar-refractivity contribution in [2.45, 2.75) is 139 Å². The molecule has 1 saturated heterocycles. The lowest BCUT2D eigenvalue weighted by molar-refractivity contribution is -0.119. The van der Waals surface area contributed by atoms with Crippen LogP contribution in [0.1, 0.15) is 113 Å². The van der Waals surface area contributed by atoms with Crippen molar-refractivity contribution in [1.29, 1.82) is 0 Å². The fourth-order valence-corrected chi connectivity index (χ4v) is 8.63. The van der Waals surface area contributed by atoms with Crippen LogP contribution in [0, 0.1) is 34.5 Å². The van der Waals surface area contributed by atoms with E-state index in [0.717, 1.165) is 57.2 Å². The van der Waals surface area contributed by atoms with Gasteiger partial charge in [0.05, 0.1) is 23.6 Å². The second kappa shape index (κ2) is 21.3. The standard InChI is InChI=1S/C35H54N4.C12H19F2NO.C2H6/c1-12-36-23(4)17-18-30(34(7,8)9)37-25(6)38-32(28-19-26-15-13-14-16-27(26)20-28)24(5)39-21-29-31(35(29,10)11)33(39)22(2)3;1-5-8-15-10(3)11(16)9(2)6-7-12(4,13)14;1-2/h13-16,28-33,36-38H,2,4-6,12,17-21H2,1,3,7-11H3;5,9,15H,1,3,6-8H2,2,4H3;1-2H3/t29-,30?,31-,32?,33?;;/m0../s1. The maximum absolute atomic E-state index is 12.6. The SMILES string of the molecule is C=C(CCC(NC(=C)NC(C(=C)N1C[C@H]2[C@@H](C1C(=C)C)C2(C)C)C1Cc2ccccc2C1)C(C)(C)C)NCC.C=CCNC(=C)C(=O)C(C)CCC(C)(F)F.CC. The largest absolute Gasteiger partial charge is 0.389 e. The Labute approximate surface area is 346 Å². The summed E-state index contributed by atoms with van der Waals surface area (Å²) in [7, 11) is 0. The quantitative estimate of drug-likeness (QED) is 0.0735. The van der Waals surface area contributed by atoms with Crippen molar-refractivity contribution in [2.24, 2.45) is 34.5 Å². The Morgan fingerprint density at radius 2 is 1.56 bits per heavy atom. The van der Waals surface area contributed by atoms with Crippen molar-refractivity contribution in [1.82, 2.24) is 26.2 Å². The smallest absolute Gasteiger partial charge is 0.245 e. The molecule has 0 amide bonds. The molecule has 4 N–H and O–H groups in total. The van der Waals surface area contributed by atoms with Gasteiger partial charge in [0.2, 0.25) is 5.92 Å². The summed E-state index contributed by atoms with van der Waals surface area (Å²) in [6.45, 7) is 49.9. The van der Waals surface area contributed by atoms with E-state index in [1.54, 1.807) is 13.0 Å². The molecule has 320 valence electrons. The summed E-state index contributed by atoms with van der Waals surface area (Å²) in [4.78, 5) is 14.2. The lowest BCUT2D eigenvalue weighted by Crippen LogP contribution is -2.50. The Morgan fingerprint density at radius 1 is 0.982 bits per heavy atom. The maximum Gasteiger partial charge on any atom is 0.245 e. The van der Waals surface area contributed by atoms with Crippen molar-refractivity contribution in [3.63, 3.8) is 0 Å². The van der Waals surface area contributed by atoms with E-state index in [9.17, 15) is 13.6 Å². The van der Waals surface area contributed by atoms with Crippen molar-refractivity contribution >= 4 is 5.78 Å². The van der Waals surface area contributed by atoms with Gasteiger partial charge in [-0.05, 0) is 92.6 Å². The van der Waals surface area contributed by atoms with Crippen LogP contribution in [0.25, 0.3) is 0 Å². The molecule has 6 atom stereocenters. The lowest BCUT2D eigenvalue weighted by Gasteiger charge is -2.41. The molecule has 8 heteroatoms. The topological polar surface area (TPSA) is 68.4 Å². The molecular formula is C49H79F2N5O. The van der Waals surface area contributed by atoms with E-state index in [-0.39, 0.29) is 41.8 Å². The highest BCUT2D eigenvalue weighted by atomic mass is 19.3. The van der Waals surface area contributed by atoms with Crippen LogP contribution >= 0.6 is 0 Å². The van der Waals surface area contributed by atoms with Gasteiger partial charge in [-0.25, -0.2) is 8.78 Å². The van der Waals surface area contributed by atoms with E-state index in [4.69, 9.17) is 6.58 Å². The number of carbonyl (C=O) groups excluding carboxylic acids is 1. The molecule has 1 saturated carbocycles. The zero-order valence-corrected chi connectivity index (χ0v) is 37.6. The monoisotopic (exact) mass is 792 g/mol. The molecule has 2 fully saturated rings. The van der Waals surface area contributed by atoms with Crippen LogP contribution in [-0.2, 0) is 17.6 Å². The second-order valence-electron chi connectivity index (χ2n) is 18.2. The molecule has 3 aliphatic rings. The Kier molecular flexibility index (Phi) is 18.4. The zero-order valence-electron chi connectivity index (χ0n) is 37.6. The molecule has 1 aromatic rings. The number of rotatable bonds is 21. The molecule has 0 bridgehead atoms. The fraction of sp³-hybridized carbons (Fsp3) is 0.612. The molecule has 2 aliphatic carbocycles. The number of hydrogen-bond donors (Lipinski definition) is 4. The molecule has 0 radical (unpaired) electrons. The minimum absolute atomic E-state index is 0.0834. The van der Waals surface area contributed by atoms with Crippen molar-refractivity contribution < 1.29 is 13.6 Å². The number of piperidine rings is 1.